The average molecular weight is 414 g/mol. The van der Waals surface area contributed by atoms with Crippen molar-refractivity contribution in [2.24, 2.45) is 5.92 Å². The topological polar surface area (TPSA) is 66.7 Å². The molecule has 164 valence electrons. The van der Waals surface area contributed by atoms with Crippen LogP contribution in [0, 0.1) is 26.7 Å². The monoisotopic (exact) mass is 413 g/mol. The van der Waals surface area contributed by atoms with E-state index < -0.39 is 0 Å². The highest BCUT2D eigenvalue weighted by Crippen LogP contribution is 2.29. The number of benzene rings is 1. The minimum absolute atomic E-state index is 0.0632. The molecule has 2 amide bonds. The van der Waals surface area contributed by atoms with Crippen LogP contribution >= 0.6 is 0 Å². The molecule has 2 rings (SSSR count). The van der Waals surface area contributed by atoms with Gasteiger partial charge in [-0.15, -0.1) is 0 Å². The van der Waals surface area contributed by atoms with E-state index in [1.165, 1.54) is 5.56 Å². The molecule has 2 aromatic rings. The summed E-state index contributed by atoms with van der Waals surface area (Å²) in [6, 6.07) is 5.90. The zero-order chi connectivity index (χ0) is 22.4. The van der Waals surface area contributed by atoms with Crippen LogP contribution < -0.4 is 0 Å². The summed E-state index contributed by atoms with van der Waals surface area (Å²) in [5, 5.41) is 4.06. The first kappa shape index (κ1) is 23.6. The number of amides is 2. The van der Waals surface area contributed by atoms with Crippen molar-refractivity contribution >= 4 is 11.8 Å². The van der Waals surface area contributed by atoms with Gasteiger partial charge in [0.15, 0.2) is 11.5 Å². The highest BCUT2D eigenvalue weighted by Gasteiger charge is 2.23. The summed E-state index contributed by atoms with van der Waals surface area (Å²) in [4.78, 5) is 29.0. The predicted molar refractivity (Wildman–Crippen MR) is 119 cm³/mol. The number of carbonyl (C=O) groups excluding carboxylic acids is 2. The molecule has 1 heterocycles. The molecule has 0 atom stereocenters. The molecular weight excluding hydrogens is 378 g/mol. The molecule has 0 unspecified atom stereocenters. The van der Waals surface area contributed by atoms with Crippen molar-refractivity contribution in [3.05, 3.63) is 40.6 Å². The summed E-state index contributed by atoms with van der Waals surface area (Å²) in [5.41, 5.74) is 4.61. The molecule has 1 aromatic carbocycles. The summed E-state index contributed by atoms with van der Waals surface area (Å²) in [6.45, 7) is 16.4. The molecule has 0 bridgehead atoms. The van der Waals surface area contributed by atoms with Crippen molar-refractivity contribution in [1.29, 1.82) is 0 Å². The SMILES string of the molecule is CCN(CC)C(=O)CCN(CC(C)C)C(=O)c1cc(-c2c(C)cc(C)cc2C)on1. The van der Waals surface area contributed by atoms with Gasteiger partial charge in [0, 0.05) is 44.2 Å². The molecule has 0 spiro atoms. The van der Waals surface area contributed by atoms with Crippen LogP contribution in [0.2, 0.25) is 0 Å². The highest BCUT2D eigenvalue weighted by molar-refractivity contribution is 5.93. The van der Waals surface area contributed by atoms with E-state index in [1.807, 2.05) is 27.7 Å². The zero-order valence-electron chi connectivity index (χ0n) is 19.4. The summed E-state index contributed by atoms with van der Waals surface area (Å²) in [5.74, 6) is 0.740. The van der Waals surface area contributed by atoms with Gasteiger partial charge < -0.3 is 14.3 Å². The second-order valence-corrected chi connectivity index (χ2v) is 8.31. The Hall–Kier alpha value is -2.63. The second-order valence-electron chi connectivity index (χ2n) is 8.31. The van der Waals surface area contributed by atoms with Crippen LogP contribution in [0.4, 0.5) is 0 Å². The molecule has 0 N–H and O–H groups in total. The van der Waals surface area contributed by atoms with E-state index in [1.54, 1.807) is 15.9 Å². The third-order valence-electron chi connectivity index (χ3n) is 5.24. The average Bonchev–Trinajstić information content (AvgIpc) is 3.14. The Kier molecular flexibility index (Phi) is 8.21. The van der Waals surface area contributed by atoms with Crippen molar-refractivity contribution in [2.45, 2.75) is 54.9 Å². The molecule has 0 saturated heterocycles. The van der Waals surface area contributed by atoms with Crippen LogP contribution in [0.1, 0.15) is 61.3 Å². The fourth-order valence-corrected chi connectivity index (χ4v) is 3.91. The summed E-state index contributed by atoms with van der Waals surface area (Å²) in [7, 11) is 0. The van der Waals surface area contributed by atoms with Crippen molar-refractivity contribution in [3.8, 4) is 11.3 Å². The van der Waals surface area contributed by atoms with Gasteiger partial charge in [-0.2, -0.15) is 0 Å². The maximum Gasteiger partial charge on any atom is 0.276 e. The van der Waals surface area contributed by atoms with E-state index in [2.05, 4.69) is 38.1 Å². The van der Waals surface area contributed by atoms with E-state index in [4.69, 9.17) is 4.52 Å². The fourth-order valence-electron chi connectivity index (χ4n) is 3.91. The molecule has 0 radical (unpaired) electrons. The van der Waals surface area contributed by atoms with E-state index in [0.29, 0.717) is 38.4 Å². The van der Waals surface area contributed by atoms with Crippen LogP contribution in [-0.2, 0) is 4.79 Å². The molecule has 6 nitrogen and oxygen atoms in total. The van der Waals surface area contributed by atoms with Crippen LogP contribution in [0.5, 0.6) is 0 Å². The van der Waals surface area contributed by atoms with Gasteiger partial charge in [0.2, 0.25) is 5.91 Å². The quantitative estimate of drug-likeness (QED) is 0.601. The lowest BCUT2D eigenvalue weighted by Gasteiger charge is -2.25. The number of hydrogen-bond donors (Lipinski definition) is 0. The van der Waals surface area contributed by atoms with Gasteiger partial charge in [0.25, 0.3) is 5.91 Å². The lowest BCUT2D eigenvalue weighted by atomic mass is 9.98. The molecule has 1 aromatic heterocycles. The van der Waals surface area contributed by atoms with Gasteiger partial charge in [-0.05, 0) is 51.7 Å². The predicted octanol–water partition coefficient (Wildman–Crippen LogP) is 4.62. The Morgan fingerprint density at radius 3 is 2.13 bits per heavy atom. The zero-order valence-corrected chi connectivity index (χ0v) is 19.4. The van der Waals surface area contributed by atoms with Gasteiger partial charge in [-0.1, -0.05) is 36.7 Å². The molecule has 30 heavy (non-hydrogen) atoms. The Morgan fingerprint density at radius 1 is 1.00 bits per heavy atom. The van der Waals surface area contributed by atoms with Crippen LogP contribution in [0.25, 0.3) is 11.3 Å². The minimum Gasteiger partial charge on any atom is -0.355 e. The largest absolute Gasteiger partial charge is 0.355 e. The van der Waals surface area contributed by atoms with Crippen LogP contribution in [0.3, 0.4) is 0 Å². The maximum atomic E-state index is 13.1. The first-order valence-electron chi connectivity index (χ1n) is 10.8. The number of hydrogen-bond acceptors (Lipinski definition) is 4. The van der Waals surface area contributed by atoms with Gasteiger partial charge in [-0.3, -0.25) is 9.59 Å². The number of rotatable bonds is 9. The van der Waals surface area contributed by atoms with E-state index in [0.717, 1.165) is 16.7 Å². The summed E-state index contributed by atoms with van der Waals surface area (Å²) < 4.78 is 5.55. The Labute approximate surface area is 180 Å². The van der Waals surface area contributed by atoms with Crippen LogP contribution in [-0.4, -0.2) is 52.9 Å². The standard InChI is InChI=1S/C24H35N3O3/c1-8-26(9-2)22(28)10-11-27(15-16(3)4)24(29)20-14-21(30-25-20)23-18(6)12-17(5)13-19(23)7/h12-14,16H,8-11,15H2,1-7H3. The second kappa shape index (κ2) is 10.4. The summed E-state index contributed by atoms with van der Waals surface area (Å²) in [6.07, 6.45) is 0.307. The van der Waals surface area contributed by atoms with Gasteiger partial charge in [0.05, 0.1) is 0 Å². The van der Waals surface area contributed by atoms with Crippen molar-refractivity contribution < 1.29 is 14.1 Å². The van der Waals surface area contributed by atoms with E-state index >= 15 is 0 Å². The molecule has 6 heteroatoms. The Bertz CT molecular complexity index is 859. The molecule has 0 fully saturated rings. The number of aromatic nitrogens is 1. The lowest BCUT2D eigenvalue weighted by molar-refractivity contribution is -0.131. The number of nitrogens with zero attached hydrogens (tertiary/aromatic N) is 3. The maximum absolute atomic E-state index is 13.1. The number of aryl methyl sites for hydroxylation is 3. The van der Waals surface area contributed by atoms with Crippen molar-refractivity contribution in [3.63, 3.8) is 0 Å². The number of carbonyl (C=O) groups is 2. The smallest absolute Gasteiger partial charge is 0.276 e. The molecule has 0 saturated carbocycles. The summed E-state index contributed by atoms with van der Waals surface area (Å²) >= 11 is 0. The molecular formula is C24H35N3O3. The fraction of sp³-hybridized carbons (Fsp3) is 0.542. The third kappa shape index (κ3) is 5.71. The van der Waals surface area contributed by atoms with Gasteiger partial charge in [-0.25, -0.2) is 0 Å². The first-order chi connectivity index (χ1) is 14.2. The van der Waals surface area contributed by atoms with Gasteiger partial charge >= 0.3 is 0 Å². The normalized spacial score (nSPS) is 11.1. The Morgan fingerprint density at radius 2 is 1.60 bits per heavy atom. The van der Waals surface area contributed by atoms with Crippen molar-refractivity contribution in [1.82, 2.24) is 15.0 Å². The van der Waals surface area contributed by atoms with Crippen LogP contribution in [0.15, 0.2) is 22.7 Å². The minimum atomic E-state index is -0.200. The first-order valence-corrected chi connectivity index (χ1v) is 10.8. The highest BCUT2D eigenvalue weighted by atomic mass is 16.5. The van der Waals surface area contributed by atoms with E-state index in [9.17, 15) is 9.59 Å². The molecule has 0 aliphatic rings. The Balaban J connectivity index is 2.22. The lowest BCUT2D eigenvalue weighted by Crippen LogP contribution is -2.39. The molecule has 0 aliphatic carbocycles. The third-order valence-corrected chi connectivity index (χ3v) is 5.24. The molecule has 0 aliphatic heterocycles. The van der Waals surface area contributed by atoms with Crippen molar-refractivity contribution in [2.75, 3.05) is 26.2 Å². The van der Waals surface area contributed by atoms with E-state index in [-0.39, 0.29) is 23.4 Å². The van der Waals surface area contributed by atoms with Gasteiger partial charge in [0.1, 0.15) is 0 Å².